The second kappa shape index (κ2) is 8.94. The van der Waals surface area contributed by atoms with Crippen LogP contribution >= 0.6 is 11.6 Å². The monoisotopic (exact) mass is 450 g/mol. The molecule has 4 aromatic rings. The molecule has 0 aliphatic heterocycles. The van der Waals surface area contributed by atoms with Crippen LogP contribution in [-0.4, -0.2) is 32.7 Å². The van der Waals surface area contributed by atoms with E-state index in [2.05, 4.69) is 15.3 Å². The van der Waals surface area contributed by atoms with Crippen molar-refractivity contribution in [1.82, 2.24) is 19.1 Å². The standard InChI is InChI=1S/C23H23ClN6O2/c1-14-5-3-9-29(21(14)31)16-6-7-17(19(24)12-16)18-11-15-13-27-23(26-2)28-20(15)30(22(18)32)10-4-8-25/h3,5-7,9,11-13H,4,8,10,25H2,1-2H3,(H,26,27,28). The average Bonchev–Trinajstić information content (AvgIpc) is 2.80. The fourth-order valence-corrected chi connectivity index (χ4v) is 3.88. The third-order valence-corrected chi connectivity index (χ3v) is 5.61. The van der Waals surface area contributed by atoms with E-state index in [0.29, 0.717) is 63.9 Å². The minimum Gasteiger partial charge on any atom is -0.357 e. The number of anilines is 1. The highest BCUT2D eigenvalue weighted by molar-refractivity contribution is 6.33. The van der Waals surface area contributed by atoms with Gasteiger partial charge in [0, 0.05) is 48.1 Å². The van der Waals surface area contributed by atoms with E-state index in [0.717, 1.165) is 0 Å². The number of rotatable bonds is 6. The molecule has 1 aromatic carbocycles. The smallest absolute Gasteiger partial charge is 0.260 e. The average molecular weight is 451 g/mol. The van der Waals surface area contributed by atoms with E-state index in [1.54, 1.807) is 67.3 Å². The summed E-state index contributed by atoms with van der Waals surface area (Å²) in [6.07, 6.45) is 3.98. The van der Waals surface area contributed by atoms with Gasteiger partial charge in [-0.3, -0.25) is 18.7 Å². The number of nitrogens with two attached hydrogens (primary N) is 1. The van der Waals surface area contributed by atoms with E-state index in [9.17, 15) is 9.59 Å². The van der Waals surface area contributed by atoms with E-state index >= 15 is 0 Å². The van der Waals surface area contributed by atoms with E-state index in [4.69, 9.17) is 17.3 Å². The molecule has 9 heteroatoms. The Morgan fingerprint density at radius 1 is 1.12 bits per heavy atom. The Bertz CT molecular complexity index is 1430. The molecule has 0 aliphatic rings. The van der Waals surface area contributed by atoms with Crippen LogP contribution in [0.15, 0.2) is 58.4 Å². The molecule has 0 unspecified atom stereocenters. The van der Waals surface area contributed by atoms with Crippen molar-refractivity contribution >= 4 is 28.6 Å². The number of benzene rings is 1. The highest BCUT2D eigenvalue weighted by atomic mass is 35.5. The number of nitrogens with zero attached hydrogens (tertiary/aromatic N) is 4. The lowest BCUT2D eigenvalue weighted by Crippen LogP contribution is -2.24. The molecule has 32 heavy (non-hydrogen) atoms. The Balaban J connectivity index is 1.89. The summed E-state index contributed by atoms with van der Waals surface area (Å²) in [5.74, 6) is 0.428. The molecule has 8 nitrogen and oxygen atoms in total. The molecule has 0 bridgehead atoms. The summed E-state index contributed by atoms with van der Waals surface area (Å²) in [5.41, 5.74) is 8.14. The number of fused-ring (bicyclic) bond motifs is 1. The molecule has 3 N–H and O–H groups in total. The largest absolute Gasteiger partial charge is 0.357 e. The number of pyridine rings is 2. The fourth-order valence-electron chi connectivity index (χ4n) is 3.61. The molecule has 0 saturated carbocycles. The van der Waals surface area contributed by atoms with Crippen molar-refractivity contribution in [3.05, 3.63) is 80.1 Å². The predicted octanol–water partition coefficient (Wildman–Crippen LogP) is 2.96. The molecule has 0 radical (unpaired) electrons. The van der Waals surface area contributed by atoms with Gasteiger partial charge in [0.05, 0.1) is 10.7 Å². The molecule has 164 valence electrons. The van der Waals surface area contributed by atoms with Crippen LogP contribution in [0.5, 0.6) is 0 Å². The van der Waals surface area contributed by atoms with Crippen LogP contribution in [0.4, 0.5) is 5.95 Å². The highest BCUT2D eigenvalue weighted by Crippen LogP contribution is 2.29. The second-order valence-corrected chi connectivity index (χ2v) is 7.82. The van der Waals surface area contributed by atoms with Crippen molar-refractivity contribution in [2.75, 3.05) is 18.9 Å². The molecule has 0 saturated heterocycles. The lowest BCUT2D eigenvalue weighted by molar-refractivity contribution is 0.646. The molecule has 0 spiro atoms. The van der Waals surface area contributed by atoms with Gasteiger partial charge in [0.25, 0.3) is 11.1 Å². The summed E-state index contributed by atoms with van der Waals surface area (Å²) in [7, 11) is 1.72. The molecule has 3 heterocycles. The van der Waals surface area contributed by atoms with Gasteiger partial charge in [0.1, 0.15) is 5.65 Å². The lowest BCUT2D eigenvalue weighted by Gasteiger charge is -2.14. The van der Waals surface area contributed by atoms with Gasteiger partial charge >= 0.3 is 0 Å². The minimum atomic E-state index is -0.214. The van der Waals surface area contributed by atoms with Gasteiger partial charge < -0.3 is 11.1 Å². The van der Waals surface area contributed by atoms with Gasteiger partial charge in [-0.1, -0.05) is 23.7 Å². The Morgan fingerprint density at radius 2 is 1.94 bits per heavy atom. The predicted molar refractivity (Wildman–Crippen MR) is 128 cm³/mol. The number of hydrogen-bond acceptors (Lipinski definition) is 6. The van der Waals surface area contributed by atoms with Crippen LogP contribution in [0, 0.1) is 6.92 Å². The van der Waals surface area contributed by atoms with Gasteiger partial charge in [-0.25, -0.2) is 4.98 Å². The first-order valence-electron chi connectivity index (χ1n) is 10.2. The summed E-state index contributed by atoms with van der Waals surface area (Å²) in [4.78, 5) is 34.6. The molecule has 4 rings (SSSR count). The van der Waals surface area contributed by atoms with Gasteiger partial charge in [-0.05, 0) is 44.2 Å². The van der Waals surface area contributed by atoms with E-state index in [1.807, 2.05) is 0 Å². The van der Waals surface area contributed by atoms with E-state index in [-0.39, 0.29) is 11.1 Å². The molecule has 0 fully saturated rings. The zero-order valence-electron chi connectivity index (χ0n) is 17.8. The minimum absolute atomic E-state index is 0.122. The maximum atomic E-state index is 13.4. The third kappa shape index (κ3) is 3.90. The quantitative estimate of drug-likeness (QED) is 0.467. The number of aryl methyl sites for hydroxylation is 2. The SMILES string of the molecule is CNc1ncc2cc(-c3ccc(-n4cccc(C)c4=O)cc3Cl)c(=O)n(CCCN)c2n1. The molecule has 0 aliphatic carbocycles. The normalized spacial score (nSPS) is 11.1. The maximum Gasteiger partial charge on any atom is 0.260 e. The molecular formula is C23H23ClN6O2. The van der Waals surface area contributed by atoms with Crippen LogP contribution in [0.3, 0.4) is 0 Å². The van der Waals surface area contributed by atoms with Gasteiger partial charge in [-0.15, -0.1) is 0 Å². The zero-order valence-corrected chi connectivity index (χ0v) is 18.6. The summed E-state index contributed by atoms with van der Waals surface area (Å²) in [6, 6.07) is 10.5. The van der Waals surface area contributed by atoms with E-state index < -0.39 is 0 Å². The van der Waals surface area contributed by atoms with Crippen LogP contribution in [0.25, 0.3) is 27.8 Å². The Kier molecular flexibility index (Phi) is 6.07. The Hall–Kier alpha value is -3.49. The maximum absolute atomic E-state index is 13.4. The Morgan fingerprint density at radius 3 is 2.66 bits per heavy atom. The Labute approximate surface area is 189 Å². The second-order valence-electron chi connectivity index (χ2n) is 7.41. The number of hydrogen-bond donors (Lipinski definition) is 2. The molecular weight excluding hydrogens is 428 g/mol. The van der Waals surface area contributed by atoms with Crippen LogP contribution in [-0.2, 0) is 6.54 Å². The van der Waals surface area contributed by atoms with Crippen LogP contribution < -0.4 is 22.2 Å². The third-order valence-electron chi connectivity index (χ3n) is 5.29. The number of halogens is 1. The summed E-state index contributed by atoms with van der Waals surface area (Å²) in [5, 5.41) is 3.98. The fraction of sp³-hybridized carbons (Fsp3) is 0.217. The summed E-state index contributed by atoms with van der Waals surface area (Å²) < 4.78 is 3.13. The topological polar surface area (TPSA) is 108 Å². The zero-order chi connectivity index (χ0) is 22.8. The number of aromatic nitrogens is 4. The number of nitrogens with one attached hydrogen (secondary N) is 1. The summed E-state index contributed by atoms with van der Waals surface area (Å²) in [6.45, 7) is 2.63. The first-order valence-corrected chi connectivity index (χ1v) is 10.6. The molecule has 3 aromatic heterocycles. The van der Waals surface area contributed by atoms with Crippen molar-refractivity contribution < 1.29 is 0 Å². The van der Waals surface area contributed by atoms with Crippen LogP contribution in [0.2, 0.25) is 5.02 Å². The molecule has 0 amide bonds. The first-order chi connectivity index (χ1) is 15.4. The van der Waals surface area contributed by atoms with Gasteiger partial charge in [0.15, 0.2) is 0 Å². The van der Waals surface area contributed by atoms with E-state index in [1.165, 1.54) is 4.57 Å². The van der Waals surface area contributed by atoms with Gasteiger partial charge in [0.2, 0.25) is 5.95 Å². The van der Waals surface area contributed by atoms with Crippen molar-refractivity contribution in [2.24, 2.45) is 5.73 Å². The summed E-state index contributed by atoms with van der Waals surface area (Å²) >= 11 is 6.61. The highest BCUT2D eigenvalue weighted by Gasteiger charge is 2.16. The van der Waals surface area contributed by atoms with Crippen molar-refractivity contribution in [1.29, 1.82) is 0 Å². The van der Waals surface area contributed by atoms with Crippen molar-refractivity contribution in [3.8, 4) is 16.8 Å². The molecule has 0 atom stereocenters. The first kappa shape index (κ1) is 21.7. The lowest BCUT2D eigenvalue weighted by atomic mass is 10.0. The van der Waals surface area contributed by atoms with Crippen molar-refractivity contribution in [3.63, 3.8) is 0 Å². The van der Waals surface area contributed by atoms with Gasteiger partial charge in [-0.2, -0.15) is 4.98 Å². The van der Waals surface area contributed by atoms with Crippen LogP contribution in [0.1, 0.15) is 12.0 Å². The van der Waals surface area contributed by atoms with Crippen molar-refractivity contribution in [2.45, 2.75) is 19.9 Å².